The van der Waals surface area contributed by atoms with E-state index in [9.17, 15) is 13.2 Å². The lowest BCUT2D eigenvalue weighted by molar-refractivity contribution is 0.0600. The fourth-order valence-electron chi connectivity index (χ4n) is 1.55. The number of carbonyl (C=O) groups is 1. The number of hydrogen-bond acceptors (Lipinski definition) is 5. The quantitative estimate of drug-likeness (QED) is 0.726. The smallest absolute Gasteiger partial charge is 0.337 e. The summed E-state index contributed by atoms with van der Waals surface area (Å²) in [6.07, 6.45) is 0.532. The van der Waals surface area contributed by atoms with Crippen molar-refractivity contribution in [3.05, 3.63) is 29.8 Å². The van der Waals surface area contributed by atoms with E-state index in [1.165, 1.54) is 31.4 Å². The van der Waals surface area contributed by atoms with Gasteiger partial charge in [0.15, 0.2) is 0 Å². The van der Waals surface area contributed by atoms with Gasteiger partial charge in [-0.05, 0) is 36.6 Å². The highest BCUT2D eigenvalue weighted by Crippen LogP contribution is 2.12. The molecule has 0 fully saturated rings. The van der Waals surface area contributed by atoms with E-state index in [1.807, 2.05) is 6.92 Å². The molecule has 0 spiro atoms. The lowest BCUT2D eigenvalue weighted by atomic mass is 10.1. The summed E-state index contributed by atoms with van der Waals surface area (Å²) < 4.78 is 31.0. The number of nitrogens with one attached hydrogen (secondary N) is 1. The highest BCUT2D eigenvalue weighted by Gasteiger charge is 2.16. The van der Waals surface area contributed by atoms with Crippen LogP contribution in [0, 0.1) is 5.92 Å². The van der Waals surface area contributed by atoms with E-state index in [4.69, 9.17) is 5.11 Å². The summed E-state index contributed by atoms with van der Waals surface area (Å²) in [5, 5.41) is 8.77. The Kier molecular flexibility index (Phi) is 6.12. The van der Waals surface area contributed by atoms with Gasteiger partial charge in [0.05, 0.1) is 17.6 Å². The van der Waals surface area contributed by atoms with Gasteiger partial charge in [-0.2, -0.15) is 0 Å². The van der Waals surface area contributed by atoms with Gasteiger partial charge in [0, 0.05) is 13.2 Å². The van der Waals surface area contributed by atoms with Crippen LogP contribution in [0.1, 0.15) is 23.7 Å². The van der Waals surface area contributed by atoms with Crippen LogP contribution in [-0.2, 0) is 14.8 Å². The largest absolute Gasteiger partial charge is 0.465 e. The molecule has 112 valence electrons. The number of aliphatic hydroxyl groups is 1. The minimum absolute atomic E-state index is 0.0245. The summed E-state index contributed by atoms with van der Waals surface area (Å²) in [7, 11) is -2.35. The van der Waals surface area contributed by atoms with Gasteiger partial charge in [-0.15, -0.1) is 0 Å². The van der Waals surface area contributed by atoms with Gasteiger partial charge < -0.3 is 9.84 Å². The Labute approximate surface area is 118 Å². The molecular weight excluding hydrogens is 282 g/mol. The molecule has 2 N–H and O–H groups in total. The third-order valence-electron chi connectivity index (χ3n) is 2.83. The molecule has 0 aliphatic carbocycles. The van der Waals surface area contributed by atoms with Crippen molar-refractivity contribution in [1.82, 2.24) is 4.72 Å². The van der Waals surface area contributed by atoms with Crippen LogP contribution >= 0.6 is 0 Å². The van der Waals surface area contributed by atoms with Crippen LogP contribution in [0.3, 0.4) is 0 Å². The monoisotopic (exact) mass is 301 g/mol. The molecule has 7 heteroatoms. The minimum atomic E-state index is -3.61. The first kappa shape index (κ1) is 16.6. The van der Waals surface area contributed by atoms with Crippen LogP contribution in [-0.4, -0.2) is 39.8 Å². The zero-order chi connectivity index (χ0) is 15.2. The summed E-state index contributed by atoms with van der Waals surface area (Å²) in [6.45, 7) is 2.12. The number of carbonyl (C=O) groups excluding carboxylic acids is 1. The maximum absolute atomic E-state index is 12.0. The fourth-order valence-corrected chi connectivity index (χ4v) is 2.71. The number of aliphatic hydroxyl groups excluding tert-OH is 1. The Morgan fingerprint density at radius 2 is 1.95 bits per heavy atom. The van der Waals surface area contributed by atoms with Crippen molar-refractivity contribution in [1.29, 1.82) is 0 Å². The molecule has 1 rings (SSSR count). The zero-order valence-corrected chi connectivity index (χ0v) is 12.3. The van der Waals surface area contributed by atoms with Crippen molar-refractivity contribution in [2.45, 2.75) is 18.2 Å². The molecule has 0 saturated carbocycles. The molecule has 1 aromatic carbocycles. The van der Waals surface area contributed by atoms with Crippen LogP contribution < -0.4 is 4.72 Å². The third kappa shape index (κ3) is 4.59. The second kappa shape index (κ2) is 7.37. The van der Waals surface area contributed by atoms with Crippen molar-refractivity contribution >= 4 is 16.0 Å². The standard InChI is InChI=1S/C13H19NO5S/c1-10(7-8-15)9-14-20(17,18)12-5-3-11(4-6-12)13(16)19-2/h3-6,10,14-15H,7-9H2,1-2H3. The van der Waals surface area contributed by atoms with E-state index in [-0.39, 0.29) is 24.0 Å². The Bertz CT molecular complexity index is 538. The second-order valence-corrected chi connectivity index (χ2v) is 6.25. The fraction of sp³-hybridized carbons (Fsp3) is 0.462. The Balaban J connectivity index is 2.75. The average molecular weight is 301 g/mol. The SMILES string of the molecule is COC(=O)c1ccc(S(=O)(=O)NCC(C)CCO)cc1. The zero-order valence-electron chi connectivity index (χ0n) is 11.5. The molecule has 6 nitrogen and oxygen atoms in total. The van der Waals surface area contributed by atoms with Gasteiger partial charge in [-0.25, -0.2) is 17.9 Å². The number of benzene rings is 1. The number of rotatable bonds is 7. The molecule has 0 radical (unpaired) electrons. The van der Waals surface area contributed by atoms with E-state index in [1.54, 1.807) is 0 Å². The Hall–Kier alpha value is -1.44. The van der Waals surface area contributed by atoms with Crippen molar-refractivity contribution < 1.29 is 23.1 Å². The molecule has 0 aromatic heterocycles. The number of hydrogen-bond donors (Lipinski definition) is 2. The number of sulfonamides is 1. The average Bonchev–Trinajstić information content (AvgIpc) is 2.45. The maximum Gasteiger partial charge on any atom is 0.337 e. The third-order valence-corrected chi connectivity index (χ3v) is 4.27. The van der Waals surface area contributed by atoms with E-state index in [0.29, 0.717) is 12.0 Å². The molecule has 0 aliphatic rings. The summed E-state index contributed by atoms with van der Waals surface area (Å²) in [5.41, 5.74) is 0.292. The summed E-state index contributed by atoms with van der Waals surface area (Å²) in [6, 6.07) is 5.51. The Morgan fingerprint density at radius 3 is 2.45 bits per heavy atom. The lowest BCUT2D eigenvalue weighted by Crippen LogP contribution is -2.28. The summed E-state index contributed by atoms with van der Waals surface area (Å²) in [4.78, 5) is 11.3. The summed E-state index contributed by atoms with van der Waals surface area (Å²) >= 11 is 0. The predicted octanol–water partition coefficient (Wildman–Crippen LogP) is 0.770. The molecular formula is C13H19NO5S. The molecule has 1 aromatic rings. The molecule has 20 heavy (non-hydrogen) atoms. The first-order valence-electron chi connectivity index (χ1n) is 6.19. The maximum atomic E-state index is 12.0. The van der Waals surface area contributed by atoms with Gasteiger partial charge in [0.2, 0.25) is 10.0 Å². The molecule has 0 saturated heterocycles. The highest BCUT2D eigenvalue weighted by molar-refractivity contribution is 7.89. The van der Waals surface area contributed by atoms with Gasteiger partial charge in [-0.3, -0.25) is 0 Å². The number of esters is 1. The summed E-state index contributed by atoms with van der Waals surface area (Å²) in [5.74, 6) is -0.470. The first-order chi connectivity index (χ1) is 9.40. The lowest BCUT2D eigenvalue weighted by Gasteiger charge is -2.11. The van der Waals surface area contributed by atoms with Gasteiger partial charge >= 0.3 is 5.97 Å². The normalized spacial score (nSPS) is 12.9. The van der Waals surface area contributed by atoms with Crippen LogP contribution in [0.25, 0.3) is 0 Å². The minimum Gasteiger partial charge on any atom is -0.465 e. The second-order valence-electron chi connectivity index (χ2n) is 4.49. The van der Waals surface area contributed by atoms with E-state index >= 15 is 0 Å². The number of ether oxygens (including phenoxy) is 1. The number of methoxy groups -OCH3 is 1. The van der Waals surface area contributed by atoms with Crippen LogP contribution in [0.5, 0.6) is 0 Å². The molecule has 0 heterocycles. The van der Waals surface area contributed by atoms with E-state index in [0.717, 1.165) is 0 Å². The van der Waals surface area contributed by atoms with Crippen molar-refractivity contribution in [3.8, 4) is 0 Å². The predicted molar refractivity (Wildman–Crippen MR) is 73.8 cm³/mol. The van der Waals surface area contributed by atoms with Gasteiger partial charge in [0.1, 0.15) is 0 Å². The Morgan fingerprint density at radius 1 is 1.35 bits per heavy atom. The first-order valence-corrected chi connectivity index (χ1v) is 7.68. The van der Waals surface area contributed by atoms with Crippen molar-refractivity contribution in [3.63, 3.8) is 0 Å². The van der Waals surface area contributed by atoms with Crippen LogP contribution in [0.4, 0.5) is 0 Å². The van der Waals surface area contributed by atoms with Gasteiger partial charge in [-0.1, -0.05) is 6.92 Å². The van der Waals surface area contributed by atoms with Crippen LogP contribution in [0.2, 0.25) is 0 Å². The van der Waals surface area contributed by atoms with Crippen molar-refractivity contribution in [2.24, 2.45) is 5.92 Å². The topological polar surface area (TPSA) is 92.7 Å². The van der Waals surface area contributed by atoms with Crippen molar-refractivity contribution in [2.75, 3.05) is 20.3 Å². The molecule has 0 amide bonds. The molecule has 0 aliphatic heterocycles. The molecule has 1 unspecified atom stereocenters. The highest BCUT2D eigenvalue weighted by atomic mass is 32.2. The van der Waals surface area contributed by atoms with Crippen LogP contribution in [0.15, 0.2) is 29.2 Å². The van der Waals surface area contributed by atoms with Gasteiger partial charge in [0.25, 0.3) is 0 Å². The molecule has 1 atom stereocenters. The van der Waals surface area contributed by atoms with E-state index < -0.39 is 16.0 Å². The molecule has 0 bridgehead atoms. The van der Waals surface area contributed by atoms with E-state index in [2.05, 4.69) is 9.46 Å².